The number of carbonyl (C=O) groups is 1. The van der Waals surface area contributed by atoms with Gasteiger partial charge in [-0.2, -0.15) is 0 Å². The minimum Gasteiger partial charge on any atom is -0.481 e. The van der Waals surface area contributed by atoms with Crippen LogP contribution in [0.15, 0.2) is 11.6 Å². The lowest BCUT2D eigenvalue weighted by atomic mass is 9.29. The second kappa shape index (κ2) is 11.2. The molecule has 6 fully saturated rings. The maximum absolute atomic E-state index is 13.1. The van der Waals surface area contributed by atoms with Crippen molar-refractivity contribution >= 4 is 5.97 Å². The summed E-state index contributed by atoms with van der Waals surface area (Å²) in [6.07, 6.45) is 4.11. The molecule has 0 amide bonds. The summed E-state index contributed by atoms with van der Waals surface area (Å²) in [5, 5.41) is 75.2. The zero-order valence-electron chi connectivity index (χ0n) is 28.6. The van der Waals surface area contributed by atoms with Crippen LogP contribution in [0.1, 0.15) is 98.3 Å². The Morgan fingerprint density at radius 2 is 1.62 bits per heavy atom. The zero-order valence-corrected chi connectivity index (χ0v) is 28.6. The highest BCUT2D eigenvalue weighted by Crippen LogP contribution is 2.79. The van der Waals surface area contributed by atoms with Crippen molar-refractivity contribution in [3.05, 3.63) is 11.6 Å². The Balaban J connectivity index is 1.28. The van der Waals surface area contributed by atoms with E-state index in [0.29, 0.717) is 25.7 Å². The van der Waals surface area contributed by atoms with Gasteiger partial charge in [0.1, 0.15) is 18.3 Å². The molecule has 10 heteroatoms. The Morgan fingerprint density at radius 3 is 2.30 bits per heavy atom. The molecule has 16 atom stereocenters. The van der Waals surface area contributed by atoms with E-state index in [9.17, 15) is 40.5 Å². The molecule has 7 rings (SSSR count). The minimum atomic E-state index is -1.49. The fraction of sp³-hybridized carbons (Fsp3) is 0.919. The third-order valence-electron chi connectivity index (χ3n) is 16.0. The molecule has 7 aliphatic rings. The third-order valence-corrected chi connectivity index (χ3v) is 16.0. The fourth-order valence-electron chi connectivity index (χ4n) is 13.6. The fourth-order valence-corrected chi connectivity index (χ4v) is 13.6. The molecular weight excluding hydrogens is 604 g/mol. The number of hydrogen-bond donors (Lipinski definition) is 7. The van der Waals surface area contributed by atoms with Crippen LogP contribution in [0.3, 0.4) is 0 Å². The van der Waals surface area contributed by atoms with Crippen LogP contribution in [0, 0.1) is 56.2 Å². The Morgan fingerprint density at radius 1 is 0.894 bits per heavy atom. The second-order valence-electron chi connectivity index (χ2n) is 18.2. The van der Waals surface area contributed by atoms with Crippen LogP contribution >= 0.6 is 0 Å². The molecule has 47 heavy (non-hydrogen) atoms. The van der Waals surface area contributed by atoms with E-state index in [-0.39, 0.29) is 65.2 Å². The van der Waals surface area contributed by atoms with Crippen LogP contribution in [0.5, 0.6) is 0 Å². The van der Waals surface area contributed by atoms with Crippen LogP contribution in [0.25, 0.3) is 0 Å². The number of hydrogen-bond acceptors (Lipinski definition) is 9. The monoisotopic (exact) mass is 662 g/mol. The van der Waals surface area contributed by atoms with E-state index in [1.165, 1.54) is 5.57 Å². The van der Waals surface area contributed by atoms with Crippen molar-refractivity contribution in [2.75, 3.05) is 19.8 Å². The first kappa shape index (κ1) is 34.3. The van der Waals surface area contributed by atoms with Crippen molar-refractivity contribution in [3.8, 4) is 0 Å². The topological polar surface area (TPSA) is 177 Å². The largest absolute Gasteiger partial charge is 0.481 e. The molecule has 0 aromatic carbocycles. The molecule has 2 bridgehead atoms. The average Bonchev–Trinajstić information content (AvgIpc) is 3.03. The van der Waals surface area contributed by atoms with Gasteiger partial charge in [-0.3, -0.25) is 4.79 Å². The van der Waals surface area contributed by atoms with Gasteiger partial charge in [-0.05, 0) is 110 Å². The van der Waals surface area contributed by atoms with Crippen molar-refractivity contribution in [2.24, 2.45) is 56.2 Å². The van der Waals surface area contributed by atoms with Crippen LogP contribution in [-0.4, -0.2) is 98.3 Å². The first-order chi connectivity index (χ1) is 22.1. The summed E-state index contributed by atoms with van der Waals surface area (Å²) in [6, 6.07) is 0. The number of aliphatic carboxylic acids is 1. The normalized spacial score (nSPS) is 57.1. The number of ether oxygens (including phenoxy) is 2. The predicted molar refractivity (Wildman–Crippen MR) is 171 cm³/mol. The summed E-state index contributed by atoms with van der Waals surface area (Å²) in [6.45, 7) is 8.43. The number of allylic oxidation sites excluding steroid dienone is 2. The van der Waals surface area contributed by atoms with Gasteiger partial charge in [0.05, 0.1) is 30.8 Å². The molecule has 0 radical (unpaired) electrons. The van der Waals surface area contributed by atoms with Crippen LogP contribution < -0.4 is 0 Å². The van der Waals surface area contributed by atoms with Gasteiger partial charge in [0, 0.05) is 12.0 Å². The van der Waals surface area contributed by atoms with Crippen LogP contribution in [0.4, 0.5) is 0 Å². The number of fused-ring (bicyclic) bond motifs is 4. The maximum atomic E-state index is 13.1. The lowest BCUT2D eigenvalue weighted by molar-refractivity contribution is -0.331. The summed E-state index contributed by atoms with van der Waals surface area (Å²) in [5.74, 6) is -0.353. The molecule has 0 spiro atoms. The van der Waals surface area contributed by atoms with Crippen molar-refractivity contribution in [3.63, 3.8) is 0 Å². The summed E-state index contributed by atoms with van der Waals surface area (Å²) >= 11 is 0. The molecule has 16 unspecified atom stereocenters. The smallest absolute Gasteiger partial charge is 0.310 e. The SMILES string of the molecule is CC1(CO)CCC2(C(=O)O)CCC3(C)C(=CC4CCCC35CCC3C(C)(CO)C(OC6OCC(O)C(O)C6O)C(O)CC3(C)C45)C2C1. The van der Waals surface area contributed by atoms with Gasteiger partial charge in [0.2, 0.25) is 0 Å². The van der Waals surface area contributed by atoms with E-state index in [1.807, 2.05) is 6.92 Å². The van der Waals surface area contributed by atoms with Crippen LogP contribution in [-0.2, 0) is 14.3 Å². The summed E-state index contributed by atoms with van der Waals surface area (Å²) in [7, 11) is 0. The summed E-state index contributed by atoms with van der Waals surface area (Å²) < 4.78 is 11.9. The van der Waals surface area contributed by atoms with E-state index in [1.54, 1.807) is 0 Å². The quantitative estimate of drug-likeness (QED) is 0.171. The highest BCUT2D eigenvalue weighted by Gasteiger charge is 2.74. The molecule has 0 aromatic rings. The lowest BCUT2D eigenvalue weighted by Crippen LogP contribution is -2.71. The molecular formula is C37H58O10. The van der Waals surface area contributed by atoms with Crippen LogP contribution in [0.2, 0.25) is 0 Å². The standard InChI is InChI=1S/C37H58O10/c1-32(18-38)10-12-36(31(44)45)13-11-35(4)21(22(36)15-32)14-20-6-5-8-37(35)9-7-25-33(2,28(20)37)16-23(40)29(34(25,3)19-39)47-30-27(43)26(42)24(41)17-46-30/h14,20,22-30,38-43H,5-13,15-19H2,1-4H3,(H,44,45). The van der Waals surface area contributed by atoms with E-state index in [2.05, 4.69) is 26.8 Å². The first-order valence-corrected chi connectivity index (χ1v) is 18.2. The molecule has 6 aliphatic carbocycles. The van der Waals surface area contributed by atoms with Gasteiger partial charge < -0.3 is 45.2 Å². The molecule has 1 saturated heterocycles. The zero-order chi connectivity index (χ0) is 33.9. The average molecular weight is 663 g/mol. The van der Waals surface area contributed by atoms with Crippen molar-refractivity contribution in [1.82, 2.24) is 0 Å². The van der Waals surface area contributed by atoms with Crippen molar-refractivity contribution < 1.29 is 50.0 Å². The third kappa shape index (κ3) is 4.47. The summed E-state index contributed by atoms with van der Waals surface area (Å²) in [4.78, 5) is 13.1. The molecule has 5 saturated carbocycles. The van der Waals surface area contributed by atoms with Crippen molar-refractivity contribution in [1.29, 1.82) is 0 Å². The highest BCUT2D eigenvalue weighted by molar-refractivity contribution is 5.76. The van der Waals surface area contributed by atoms with Gasteiger partial charge in [0.25, 0.3) is 0 Å². The van der Waals surface area contributed by atoms with E-state index >= 15 is 0 Å². The number of carboxylic acids is 1. The van der Waals surface area contributed by atoms with E-state index < -0.39 is 53.6 Å². The number of carboxylic acid groups (broad SMARTS) is 1. The number of rotatable bonds is 5. The van der Waals surface area contributed by atoms with E-state index in [4.69, 9.17) is 9.47 Å². The minimum absolute atomic E-state index is 0.00372. The highest BCUT2D eigenvalue weighted by atomic mass is 16.7. The number of aliphatic hydroxyl groups excluding tert-OH is 6. The Labute approximate surface area is 278 Å². The molecule has 7 N–H and O–H groups in total. The van der Waals surface area contributed by atoms with Gasteiger partial charge in [-0.25, -0.2) is 0 Å². The Hall–Kier alpha value is -1.11. The predicted octanol–water partition coefficient (Wildman–Crippen LogP) is 3.00. The Kier molecular flexibility index (Phi) is 8.18. The van der Waals surface area contributed by atoms with Gasteiger partial charge in [-0.15, -0.1) is 0 Å². The molecule has 0 aromatic heterocycles. The summed E-state index contributed by atoms with van der Waals surface area (Å²) in [5.41, 5.74) is -1.27. The molecule has 1 aliphatic heterocycles. The first-order valence-electron chi connectivity index (χ1n) is 18.2. The van der Waals surface area contributed by atoms with Gasteiger partial charge in [-0.1, -0.05) is 45.8 Å². The second-order valence-corrected chi connectivity index (χ2v) is 18.2. The van der Waals surface area contributed by atoms with Gasteiger partial charge >= 0.3 is 5.97 Å². The van der Waals surface area contributed by atoms with E-state index in [0.717, 1.165) is 44.9 Å². The molecule has 10 nitrogen and oxygen atoms in total. The maximum Gasteiger partial charge on any atom is 0.310 e. The Bertz CT molecular complexity index is 1290. The lowest BCUT2D eigenvalue weighted by Gasteiger charge is -2.75. The molecule has 1 heterocycles. The van der Waals surface area contributed by atoms with Gasteiger partial charge in [0.15, 0.2) is 6.29 Å². The number of aliphatic hydroxyl groups is 6. The van der Waals surface area contributed by atoms with Crippen molar-refractivity contribution in [2.45, 2.75) is 135 Å². The molecule has 266 valence electrons.